The van der Waals surface area contributed by atoms with Gasteiger partial charge in [0.2, 0.25) is 0 Å². The highest BCUT2D eigenvalue weighted by atomic mass is 19.2. The van der Waals surface area contributed by atoms with E-state index in [0.717, 1.165) is 25.6 Å². The quantitative estimate of drug-likeness (QED) is 0.749. The molecule has 0 saturated heterocycles. The van der Waals surface area contributed by atoms with Crippen LogP contribution in [-0.2, 0) is 17.9 Å². The second kappa shape index (κ2) is 8.49. The van der Waals surface area contributed by atoms with E-state index in [1.807, 2.05) is 18.2 Å². The standard InChI is InChI=1S/C17H19F2NO/c18-16-9-4-8-15(17(16)19)13-21-11-5-10-20-12-14-6-2-1-3-7-14/h1-4,6-9,20H,5,10-13H2. The van der Waals surface area contributed by atoms with Crippen molar-refractivity contribution in [3.05, 3.63) is 71.3 Å². The molecule has 0 heterocycles. The lowest BCUT2D eigenvalue weighted by atomic mass is 10.2. The fourth-order valence-corrected chi connectivity index (χ4v) is 1.97. The predicted octanol–water partition coefficient (Wildman–Crippen LogP) is 3.66. The van der Waals surface area contributed by atoms with Gasteiger partial charge in [-0.1, -0.05) is 42.5 Å². The van der Waals surface area contributed by atoms with Crippen molar-refractivity contribution in [3.8, 4) is 0 Å². The van der Waals surface area contributed by atoms with Crippen LogP contribution >= 0.6 is 0 Å². The van der Waals surface area contributed by atoms with Crippen molar-refractivity contribution in [2.75, 3.05) is 13.2 Å². The Morgan fingerprint density at radius 2 is 1.76 bits per heavy atom. The van der Waals surface area contributed by atoms with Gasteiger partial charge in [0.05, 0.1) is 6.61 Å². The van der Waals surface area contributed by atoms with E-state index in [1.54, 1.807) is 0 Å². The molecule has 0 atom stereocenters. The number of nitrogens with one attached hydrogen (secondary N) is 1. The van der Waals surface area contributed by atoms with Crippen molar-refractivity contribution in [2.45, 2.75) is 19.6 Å². The number of hydrogen-bond acceptors (Lipinski definition) is 2. The first-order valence-electron chi connectivity index (χ1n) is 7.02. The number of benzene rings is 2. The highest BCUT2D eigenvalue weighted by Crippen LogP contribution is 2.12. The lowest BCUT2D eigenvalue weighted by Crippen LogP contribution is -2.16. The normalized spacial score (nSPS) is 10.8. The van der Waals surface area contributed by atoms with Crippen molar-refractivity contribution in [1.82, 2.24) is 5.32 Å². The third kappa shape index (κ3) is 5.25. The molecule has 2 nitrogen and oxygen atoms in total. The second-order valence-corrected chi connectivity index (χ2v) is 4.78. The number of rotatable bonds is 8. The van der Waals surface area contributed by atoms with E-state index >= 15 is 0 Å². The van der Waals surface area contributed by atoms with Gasteiger partial charge >= 0.3 is 0 Å². The van der Waals surface area contributed by atoms with Gasteiger partial charge in [-0.2, -0.15) is 0 Å². The van der Waals surface area contributed by atoms with E-state index in [2.05, 4.69) is 17.4 Å². The molecule has 2 aromatic rings. The summed E-state index contributed by atoms with van der Waals surface area (Å²) in [5.74, 6) is -1.65. The first kappa shape index (κ1) is 15.6. The summed E-state index contributed by atoms with van der Waals surface area (Å²) in [5, 5.41) is 3.31. The Balaban J connectivity index is 1.57. The SMILES string of the molecule is Fc1cccc(COCCCNCc2ccccc2)c1F. The van der Waals surface area contributed by atoms with Crippen molar-refractivity contribution < 1.29 is 13.5 Å². The average molecular weight is 291 g/mol. The van der Waals surface area contributed by atoms with Crippen LogP contribution in [0.1, 0.15) is 17.5 Å². The fraction of sp³-hybridized carbons (Fsp3) is 0.294. The Morgan fingerprint density at radius 1 is 0.952 bits per heavy atom. The number of hydrogen-bond donors (Lipinski definition) is 1. The van der Waals surface area contributed by atoms with Crippen LogP contribution in [0.15, 0.2) is 48.5 Å². The molecular weight excluding hydrogens is 272 g/mol. The zero-order chi connectivity index (χ0) is 14.9. The molecule has 2 aromatic carbocycles. The van der Waals surface area contributed by atoms with Crippen LogP contribution in [-0.4, -0.2) is 13.2 Å². The van der Waals surface area contributed by atoms with Crippen molar-refractivity contribution in [3.63, 3.8) is 0 Å². The molecular formula is C17H19F2NO. The minimum atomic E-state index is -0.833. The van der Waals surface area contributed by atoms with Crippen LogP contribution in [0.5, 0.6) is 0 Å². The van der Waals surface area contributed by atoms with Gasteiger partial charge in [0.25, 0.3) is 0 Å². The monoisotopic (exact) mass is 291 g/mol. The average Bonchev–Trinajstić information content (AvgIpc) is 2.51. The fourth-order valence-electron chi connectivity index (χ4n) is 1.97. The molecule has 0 spiro atoms. The molecule has 0 unspecified atom stereocenters. The molecule has 1 N–H and O–H groups in total. The molecule has 0 radical (unpaired) electrons. The summed E-state index contributed by atoms with van der Waals surface area (Å²) >= 11 is 0. The lowest BCUT2D eigenvalue weighted by Gasteiger charge is -2.07. The minimum Gasteiger partial charge on any atom is -0.377 e. The molecule has 0 aliphatic carbocycles. The van der Waals surface area contributed by atoms with Crippen LogP contribution in [0.25, 0.3) is 0 Å². The Morgan fingerprint density at radius 3 is 2.57 bits per heavy atom. The van der Waals surface area contributed by atoms with Crippen LogP contribution in [0.3, 0.4) is 0 Å². The van der Waals surface area contributed by atoms with Gasteiger partial charge in [-0.15, -0.1) is 0 Å². The van der Waals surface area contributed by atoms with E-state index in [9.17, 15) is 8.78 Å². The Labute approximate surface area is 123 Å². The smallest absolute Gasteiger partial charge is 0.164 e. The van der Waals surface area contributed by atoms with Crippen molar-refractivity contribution >= 4 is 0 Å². The maximum absolute atomic E-state index is 13.4. The van der Waals surface area contributed by atoms with Gasteiger partial charge in [0.15, 0.2) is 11.6 Å². The number of ether oxygens (including phenoxy) is 1. The molecule has 112 valence electrons. The molecule has 0 saturated carbocycles. The molecule has 21 heavy (non-hydrogen) atoms. The molecule has 4 heteroatoms. The zero-order valence-electron chi connectivity index (χ0n) is 11.8. The molecule has 0 bridgehead atoms. The summed E-state index contributed by atoms with van der Waals surface area (Å²) in [6.45, 7) is 2.25. The topological polar surface area (TPSA) is 21.3 Å². The third-order valence-corrected chi connectivity index (χ3v) is 3.10. The molecule has 0 aromatic heterocycles. The van der Waals surface area contributed by atoms with Crippen LogP contribution < -0.4 is 5.32 Å². The second-order valence-electron chi connectivity index (χ2n) is 4.78. The summed E-state index contributed by atoms with van der Waals surface area (Å²) in [7, 11) is 0. The maximum Gasteiger partial charge on any atom is 0.164 e. The molecule has 0 fully saturated rings. The Hall–Kier alpha value is -1.78. The van der Waals surface area contributed by atoms with Crippen molar-refractivity contribution in [2.24, 2.45) is 0 Å². The van der Waals surface area contributed by atoms with Gasteiger partial charge < -0.3 is 10.1 Å². The van der Waals surface area contributed by atoms with Gasteiger partial charge in [-0.25, -0.2) is 8.78 Å². The predicted molar refractivity (Wildman–Crippen MR) is 78.8 cm³/mol. The number of halogens is 2. The molecule has 2 rings (SSSR count). The molecule has 0 amide bonds. The summed E-state index contributed by atoms with van der Waals surface area (Å²) in [6.07, 6.45) is 0.823. The lowest BCUT2D eigenvalue weighted by molar-refractivity contribution is 0.115. The molecule has 0 aliphatic rings. The van der Waals surface area contributed by atoms with E-state index < -0.39 is 11.6 Å². The van der Waals surface area contributed by atoms with Crippen molar-refractivity contribution in [1.29, 1.82) is 0 Å². The zero-order valence-corrected chi connectivity index (χ0v) is 11.8. The van der Waals surface area contributed by atoms with E-state index in [4.69, 9.17) is 4.74 Å². The van der Waals surface area contributed by atoms with Crippen LogP contribution in [0.2, 0.25) is 0 Å². The Kier molecular flexibility index (Phi) is 6.31. The first-order valence-corrected chi connectivity index (χ1v) is 7.02. The van der Waals surface area contributed by atoms with Gasteiger partial charge in [-0.05, 0) is 24.6 Å². The van der Waals surface area contributed by atoms with Crippen LogP contribution in [0, 0.1) is 11.6 Å². The van der Waals surface area contributed by atoms with Gasteiger partial charge in [0.1, 0.15) is 0 Å². The summed E-state index contributed by atoms with van der Waals surface area (Å²) < 4.78 is 31.7. The van der Waals surface area contributed by atoms with Crippen LogP contribution in [0.4, 0.5) is 8.78 Å². The summed E-state index contributed by atoms with van der Waals surface area (Å²) in [5.41, 5.74) is 1.49. The summed E-state index contributed by atoms with van der Waals surface area (Å²) in [4.78, 5) is 0. The third-order valence-electron chi connectivity index (χ3n) is 3.10. The van der Waals surface area contributed by atoms with Gasteiger partial charge in [-0.3, -0.25) is 0 Å². The highest BCUT2D eigenvalue weighted by molar-refractivity contribution is 5.18. The first-order chi connectivity index (χ1) is 10.3. The maximum atomic E-state index is 13.4. The van der Waals surface area contributed by atoms with E-state index in [0.29, 0.717) is 6.61 Å². The largest absolute Gasteiger partial charge is 0.377 e. The highest BCUT2D eigenvalue weighted by Gasteiger charge is 2.06. The van der Waals surface area contributed by atoms with E-state index in [1.165, 1.54) is 17.7 Å². The summed E-state index contributed by atoms with van der Waals surface area (Å²) in [6, 6.07) is 14.3. The van der Waals surface area contributed by atoms with Gasteiger partial charge in [0, 0.05) is 18.7 Å². The van der Waals surface area contributed by atoms with E-state index in [-0.39, 0.29) is 12.2 Å². The Bertz CT molecular complexity index is 546. The minimum absolute atomic E-state index is 0.0995. The molecule has 0 aliphatic heterocycles.